The SMILES string of the molecule is CCCCCCCCC[C@H]1CC[C@H](c2ccc(C(=O)OCC(F)F)cc2)CC1. The molecular formula is C24H36F2O2. The van der Waals surface area contributed by atoms with E-state index in [2.05, 4.69) is 11.7 Å². The van der Waals surface area contributed by atoms with Crippen molar-refractivity contribution >= 4 is 5.97 Å². The van der Waals surface area contributed by atoms with E-state index in [1.807, 2.05) is 12.1 Å². The number of benzene rings is 1. The minimum absolute atomic E-state index is 0.344. The van der Waals surface area contributed by atoms with Crippen molar-refractivity contribution in [2.45, 2.75) is 96.3 Å². The van der Waals surface area contributed by atoms with Gasteiger partial charge in [-0.05, 0) is 55.2 Å². The van der Waals surface area contributed by atoms with Gasteiger partial charge in [0.25, 0.3) is 6.43 Å². The van der Waals surface area contributed by atoms with Crippen molar-refractivity contribution in [3.8, 4) is 0 Å². The van der Waals surface area contributed by atoms with Gasteiger partial charge in [0.2, 0.25) is 0 Å². The van der Waals surface area contributed by atoms with Crippen LogP contribution in [0.1, 0.15) is 106 Å². The molecule has 158 valence electrons. The minimum atomic E-state index is -2.63. The summed E-state index contributed by atoms with van der Waals surface area (Å²) in [6.45, 7) is 1.42. The Morgan fingerprint density at radius 2 is 1.57 bits per heavy atom. The Bertz CT molecular complexity index is 548. The highest BCUT2D eigenvalue weighted by atomic mass is 19.3. The van der Waals surface area contributed by atoms with Gasteiger partial charge in [0.15, 0.2) is 6.61 Å². The Morgan fingerprint density at radius 1 is 0.964 bits per heavy atom. The maximum Gasteiger partial charge on any atom is 0.338 e. The van der Waals surface area contributed by atoms with Gasteiger partial charge in [0, 0.05) is 0 Å². The monoisotopic (exact) mass is 394 g/mol. The molecule has 0 N–H and O–H groups in total. The first-order chi connectivity index (χ1) is 13.6. The highest BCUT2D eigenvalue weighted by Crippen LogP contribution is 2.37. The van der Waals surface area contributed by atoms with Crippen molar-refractivity contribution in [3.05, 3.63) is 35.4 Å². The van der Waals surface area contributed by atoms with E-state index in [1.54, 1.807) is 12.1 Å². The average Bonchev–Trinajstić information content (AvgIpc) is 2.72. The number of unbranched alkanes of at least 4 members (excludes halogenated alkanes) is 6. The minimum Gasteiger partial charge on any atom is -0.456 e. The fraction of sp³-hybridized carbons (Fsp3) is 0.708. The third-order valence-electron chi connectivity index (χ3n) is 6.02. The van der Waals surface area contributed by atoms with Gasteiger partial charge in [-0.25, -0.2) is 13.6 Å². The van der Waals surface area contributed by atoms with E-state index in [0.29, 0.717) is 11.5 Å². The highest BCUT2D eigenvalue weighted by Gasteiger charge is 2.22. The molecule has 0 atom stereocenters. The van der Waals surface area contributed by atoms with Gasteiger partial charge in [-0.15, -0.1) is 0 Å². The van der Waals surface area contributed by atoms with Crippen molar-refractivity contribution < 1.29 is 18.3 Å². The van der Waals surface area contributed by atoms with Gasteiger partial charge in [0.05, 0.1) is 5.56 Å². The van der Waals surface area contributed by atoms with Crippen molar-refractivity contribution in [2.75, 3.05) is 6.61 Å². The number of hydrogen-bond acceptors (Lipinski definition) is 2. The van der Waals surface area contributed by atoms with E-state index in [0.717, 1.165) is 5.92 Å². The molecule has 1 aliphatic rings. The summed E-state index contributed by atoms with van der Waals surface area (Å²) in [5, 5.41) is 0. The molecule has 0 radical (unpaired) electrons. The first kappa shape index (κ1) is 22.8. The standard InChI is InChI=1S/C24H36F2O2/c1-2-3-4-5-6-7-8-9-19-10-12-20(13-11-19)21-14-16-22(17-15-21)24(27)28-18-23(25)26/h14-17,19-20,23H,2-13,18H2,1H3/t19-,20-. The van der Waals surface area contributed by atoms with Gasteiger partial charge in [0.1, 0.15) is 0 Å². The van der Waals surface area contributed by atoms with Crippen LogP contribution in [0.2, 0.25) is 0 Å². The van der Waals surface area contributed by atoms with Gasteiger partial charge in [-0.1, -0.05) is 70.4 Å². The fourth-order valence-corrected chi connectivity index (χ4v) is 4.29. The van der Waals surface area contributed by atoms with Gasteiger partial charge in [-0.3, -0.25) is 0 Å². The lowest BCUT2D eigenvalue weighted by atomic mass is 9.77. The number of halogens is 2. The summed E-state index contributed by atoms with van der Waals surface area (Å²) in [5.74, 6) is 0.747. The van der Waals surface area contributed by atoms with Crippen molar-refractivity contribution in [3.63, 3.8) is 0 Å². The van der Waals surface area contributed by atoms with Gasteiger partial charge >= 0.3 is 5.97 Å². The van der Waals surface area contributed by atoms with Crippen LogP contribution in [-0.2, 0) is 4.74 Å². The summed E-state index contributed by atoms with van der Waals surface area (Å²) in [6, 6.07) is 7.32. The van der Waals surface area contributed by atoms with Crippen molar-refractivity contribution in [1.29, 1.82) is 0 Å². The number of hydrogen-bond donors (Lipinski definition) is 0. The molecule has 4 heteroatoms. The molecule has 1 saturated carbocycles. The van der Waals surface area contributed by atoms with E-state index in [-0.39, 0.29) is 0 Å². The largest absolute Gasteiger partial charge is 0.456 e. The summed E-state index contributed by atoms with van der Waals surface area (Å²) in [7, 11) is 0. The third kappa shape index (κ3) is 8.28. The first-order valence-corrected chi connectivity index (χ1v) is 11.1. The predicted molar refractivity (Wildman–Crippen MR) is 110 cm³/mol. The van der Waals surface area contributed by atoms with E-state index in [4.69, 9.17) is 0 Å². The maximum absolute atomic E-state index is 12.1. The fourth-order valence-electron chi connectivity index (χ4n) is 4.29. The molecule has 2 nitrogen and oxygen atoms in total. The van der Waals surface area contributed by atoms with Crippen LogP contribution in [0.15, 0.2) is 24.3 Å². The summed E-state index contributed by atoms with van der Waals surface area (Å²) in [4.78, 5) is 11.7. The smallest absolute Gasteiger partial charge is 0.338 e. The van der Waals surface area contributed by atoms with E-state index >= 15 is 0 Å². The van der Waals surface area contributed by atoms with Crippen LogP contribution in [0.5, 0.6) is 0 Å². The molecule has 1 aromatic carbocycles. The molecule has 0 heterocycles. The van der Waals surface area contributed by atoms with Crippen LogP contribution in [0, 0.1) is 5.92 Å². The van der Waals surface area contributed by atoms with Crippen LogP contribution in [0.3, 0.4) is 0 Å². The third-order valence-corrected chi connectivity index (χ3v) is 6.02. The number of esters is 1. The van der Waals surface area contributed by atoms with Crippen LogP contribution in [-0.4, -0.2) is 19.0 Å². The van der Waals surface area contributed by atoms with Crippen LogP contribution < -0.4 is 0 Å². The number of alkyl halides is 2. The molecule has 0 unspecified atom stereocenters. The second kappa shape index (κ2) is 12.9. The molecule has 0 aromatic heterocycles. The summed E-state index contributed by atoms with van der Waals surface area (Å²) in [6.07, 6.45) is 13.4. The van der Waals surface area contributed by atoms with Gasteiger partial charge in [-0.2, -0.15) is 0 Å². The molecule has 1 aliphatic carbocycles. The molecule has 2 rings (SSSR count). The summed E-state index contributed by atoms with van der Waals surface area (Å²) >= 11 is 0. The van der Waals surface area contributed by atoms with Crippen molar-refractivity contribution in [2.24, 2.45) is 5.92 Å². The highest BCUT2D eigenvalue weighted by molar-refractivity contribution is 5.89. The van der Waals surface area contributed by atoms with Crippen LogP contribution in [0.25, 0.3) is 0 Å². The lowest BCUT2D eigenvalue weighted by Gasteiger charge is -2.29. The van der Waals surface area contributed by atoms with E-state index < -0.39 is 19.0 Å². The topological polar surface area (TPSA) is 26.3 Å². The number of carbonyl (C=O) groups excluding carboxylic acids is 1. The predicted octanol–water partition coefficient (Wildman–Crippen LogP) is 7.52. The van der Waals surface area contributed by atoms with Crippen LogP contribution in [0.4, 0.5) is 8.78 Å². The molecule has 0 bridgehead atoms. The number of rotatable bonds is 12. The zero-order valence-corrected chi connectivity index (χ0v) is 17.3. The Kier molecular flexibility index (Phi) is 10.5. The van der Waals surface area contributed by atoms with Crippen molar-refractivity contribution in [1.82, 2.24) is 0 Å². The molecule has 0 spiro atoms. The number of carbonyl (C=O) groups is 1. The molecule has 0 amide bonds. The lowest BCUT2D eigenvalue weighted by molar-refractivity contribution is 0.0160. The molecule has 28 heavy (non-hydrogen) atoms. The number of ether oxygens (including phenoxy) is 1. The zero-order chi connectivity index (χ0) is 20.2. The van der Waals surface area contributed by atoms with E-state index in [9.17, 15) is 13.6 Å². The zero-order valence-electron chi connectivity index (χ0n) is 17.3. The molecule has 1 aromatic rings. The van der Waals surface area contributed by atoms with E-state index in [1.165, 1.54) is 82.6 Å². The summed E-state index contributed by atoms with van der Waals surface area (Å²) in [5.41, 5.74) is 1.59. The first-order valence-electron chi connectivity index (χ1n) is 11.1. The second-order valence-electron chi connectivity index (χ2n) is 8.24. The Labute approximate surface area is 169 Å². The Hall–Kier alpha value is -1.45. The average molecular weight is 395 g/mol. The molecular weight excluding hydrogens is 358 g/mol. The lowest BCUT2D eigenvalue weighted by Crippen LogP contribution is -2.14. The van der Waals surface area contributed by atoms with Crippen LogP contribution >= 0.6 is 0 Å². The Morgan fingerprint density at radius 3 is 2.18 bits per heavy atom. The quantitative estimate of drug-likeness (QED) is 0.271. The van der Waals surface area contributed by atoms with Gasteiger partial charge < -0.3 is 4.74 Å². The molecule has 1 fully saturated rings. The second-order valence-corrected chi connectivity index (χ2v) is 8.24. The molecule has 0 aliphatic heterocycles. The Balaban J connectivity index is 1.65. The normalized spacial score (nSPS) is 19.7. The maximum atomic E-state index is 12.1. The molecule has 0 saturated heterocycles. The summed E-state index contributed by atoms with van der Waals surface area (Å²) < 4.78 is 28.8.